The van der Waals surface area contributed by atoms with Gasteiger partial charge in [0.15, 0.2) is 0 Å². The fourth-order valence-corrected chi connectivity index (χ4v) is 3.59. The quantitative estimate of drug-likeness (QED) is 0.862. The number of nitrogens with one attached hydrogen (secondary N) is 1. The maximum atomic E-state index is 12.7. The molecule has 1 aliphatic heterocycles. The lowest BCUT2D eigenvalue weighted by atomic mass is 9.93. The maximum absolute atomic E-state index is 12.7. The predicted molar refractivity (Wildman–Crippen MR) is 98.1 cm³/mol. The Morgan fingerprint density at radius 1 is 1.29 bits per heavy atom. The van der Waals surface area contributed by atoms with Crippen molar-refractivity contribution in [2.75, 3.05) is 13.1 Å². The summed E-state index contributed by atoms with van der Waals surface area (Å²) in [6.07, 6.45) is 3.73. The van der Waals surface area contributed by atoms with Gasteiger partial charge in [0.1, 0.15) is 0 Å². The van der Waals surface area contributed by atoms with Gasteiger partial charge in [-0.15, -0.1) is 0 Å². The van der Waals surface area contributed by atoms with Crippen molar-refractivity contribution in [3.05, 3.63) is 35.9 Å². The van der Waals surface area contributed by atoms with E-state index >= 15 is 0 Å². The van der Waals surface area contributed by atoms with Crippen LogP contribution in [0, 0.1) is 5.92 Å². The number of carbonyl (C=O) groups excluding carboxylic acids is 1. The SMILES string of the molecule is CC(O)CC(CNC(=O)N1CC(C)CCCC1C)c1ccccc1. The van der Waals surface area contributed by atoms with E-state index in [4.69, 9.17) is 0 Å². The van der Waals surface area contributed by atoms with E-state index in [0.717, 1.165) is 18.5 Å². The minimum atomic E-state index is -0.385. The van der Waals surface area contributed by atoms with Gasteiger partial charge in [-0.2, -0.15) is 0 Å². The van der Waals surface area contributed by atoms with Gasteiger partial charge in [0.25, 0.3) is 0 Å². The highest BCUT2D eigenvalue weighted by Crippen LogP contribution is 2.22. The van der Waals surface area contributed by atoms with Crippen LogP contribution in [0.2, 0.25) is 0 Å². The summed E-state index contributed by atoms with van der Waals surface area (Å²) < 4.78 is 0. The van der Waals surface area contributed by atoms with Crippen LogP contribution in [0.25, 0.3) is 0 Å². The molecule has 0 spiro atoms. The van der Waals surface area contributed by atoms with Gasteiger partial charge in [0.2, 0.25) is 0 Å². The maximum Gasteiger partial charge on any atom is 0.317 e. The van der Waals surface area contributed by atoms with E-state index in [2.05, 4.69) is 31.3 Å². The highest BCUT2D eigenvalue weighted by Gasteiger charge is 2.25. The molecule has 0 radical (unpaired) electrons. The van der Waals surface area contributed by atoms with Crippen molar-refractivity contribution in [3.63, 3.8) is 0 Å². The van der Waals surface area contributed by atoms with E-state index in [-0.39, 0.29) is 18.1 Å². The molecule has 1 heterocycles. The van der Waals surface area contributed by atoms with Crippen molar-refractivity contribution in [1.82, 2.24) is 10.2 Å². The fourth-order valence-electron chi connectivity index (χ4n) is 3.59. The molecule has 134 valence electrons. The van der Waals surface area contributed by atoms with Crippen LogP contribution in [0.1, 0.15) is 57.9 Å². The summed E-state index contributed by atoms with van der Waals surface area (Å²) in [6.45, 7) is 7.56. The molecule has 4 nitrogen and oxygen atoms in total. The fraction of sp³-hybridized carbons (Fsp3) is 0.650. The van der Waals surface area contributed by atoms with Crippen molar-refractivity contribution >= 4 is 6.03 Å². The molecule has 4 atom stereocenters. The zero-order valence-electron chi connectivity index (χ0n) is 15.2. The second-order valence-electron chi connectivity index (χ2n) is 7.42. The van der Waals surface area contributed by atoms with Crippen LogP contribution >= 0.6 is 0 Å². The standard InChI is InChI=1S/C20H32N2O2/c1-15-8-7-9-16(2)22(14-15)20(24)21-13-19(12-17(3)23)18-10-5-4-6-11-18/h4-6,10-11,15-17,19,23H,7-9,12-14H2,1-3H3,(H,21,24). The highest BCUT2D eigenvalue weighted by molar-refractivity contribution is 5.74. The Bertz CT molecular complexity index is 504. The monoisotopic (exact) mass is 332 g/mol. The molecule has 1 saturated heterocycles. The normalized spacial score (nSPS) is 24.1. The Labute approximate surface area is 146 Å². The van der Waals surface area contributed by atoms with E-state index in [1.165, 1.54) is 12.8 Å². The molecule has 0 aromatic heterocycles. The number of hydrogen-bond acceptors (Lipinski definition) is 2. The molecule has 1 aromatic rings. The van der Waals surface area contributed by atoms with E-state index < -0.39 is 0 Å². The first-order valence-corrected chi connectivity index (χ1v) is 9.24. The molecule has 0 aliphatic carbocycles. The molecule has 24 heavy (non-hydrogen) atoms. The highest BCUT2D eigenvalue weighted by atomic mass is 16.3. The van der Waals surface area contributed by atoms with Crippen LogP contribution in [0.15, 0.2) is 30.3 Å². The second-order valence-corrected chi connectivity index (χ2v) is 7.42. The zero-order valence-corrected chi connectivity index (χ0v) is 15.2. The van der Waals surface area contributed by atoms with Gasteiger partial charge < -0.3 is 15.3 Å². The first kappa shape index (κ1) is 18.8. The van der Waals surface area contributed by atoms with E-state index in [1.807, 2.05) is 23.1 Å². The Kier molecular flexibility index (Phi) is 7.10. The molecule has 2 N–H and O–H groups in total. The molecule has 1 fully saturated rings. The summed E-state index contributed by atoms with van der Waals surface area (Å²) in [7, 11) is 0. The van der Waals surface area contributed by atoms with E-state index in [9.17, 15) is 9.90 Å². The largest absolute Gasteiger partial charge is 0.393 e. The van der Waals surface area contributed by atoms with E-state index in [0.29, 0.717) is 24.9 Å². The number of aliphatic hydroxyl groups excluding tert-OH is 1. The number of benzene rings is 1. The molecule has 1 aromatic carbocycles. The van der Waals surface area contributed by atoms with Crippen LogP contribution in [0.5, 0.6) is 0 Å². The van der Waals surface area contributed by atoms with Gasteiger partial charge in [-0.25, -0.2) is 4.79 Å². The lowest BCUT2D eigenvalue weighted by Crippen LogP contribution is -2.47. The third kappa shape index (κ3) is 5.52. The Morgan fingerprint density at radius 2 is 2.00 bits per heavy atom. The van der Waals surface area contributed by atoms with Crippen LogP contribution in [-0.4, -0.2) is 41.3 Å². The lowest BCUT2D eigenvalue weighted by Gasteiger charge is -2.30. The molecule has 0 saturated carbocycles. The Balaban J connectivity index is 1.98. The van der Waals surface area contributed by atoms with Gasteiger partial charge in [0, 0.05) is 25.0 Å². The topological polar surface area (TPSA) is 52.6 Å². The number of nitrogens with zero attached hydrogens (tertiary/aromatic N) is 1. The number of rotatable bonds is 5. The average molecular weight is 332 g/mol. The van der Waals surface area contributed by atoms with Crippen LogP contribution < -0.4 is 5.32 Å². The Morgan fingerprint density at radius 3 is 2.67 bits per heavy atom. The van der Waals surface area contributed by atoms with Crippen molar-refractivity contribution in [3.8, 4) is 0 Å². The molecule has 2 rings (SSSR count). The molecule has 2 amide bonds. The third-order valence-electron chi connectivity index (χ3n) is 5.02. The van der Waals surface area contributed by atoms with Gasteiger partial charge in [-0.1, -0.05) is 43.7 Å². The molecule has 4 heteroatoms. The number of aliphatic hydroxyl groups is 1. The van der Waals surface area contributed by atoms with Gasteiger partial charge in [-0.05, 0) is 44.6 Å². The smallest absolute Gasteiger partial charge is 0.317 e. The zero-order chi connectivity index (χ0) is 17.5. The van der Waals surface area contributed by atoms with Crippen molar-refractivity contribution < 1.29 is 9.90 Å². The van der Waals surface area contributed by atoms with Gasteiger partial charge in [0.05, 0.1) is 6.10 Å². The second kappa shape index (κ2) is 9.07. The number of urea groups is 1. The first-order valence-electron chi connectivity index (χ1n) is 9.24. The van der Waals surface area contributed by atoms with Crippen molar-refractivity contribution in [1.29, 1.82) is 0 Å². The summed E-state index contributed by atoms with van der Waals surface area (Å²) in [6, 6.07) is 10.5. The summed E-state index contributed by atoms with van der Waals surface area (Å²) >= 11 is 0. The van der Waals surface area contributed by atoms with Crippen LogP contribution in [0.3, 0.4) is 0 Å². The minimum absolute atomic E-state index is 0.0303. The number of carbonyl (C=O) groups is 1. The van der Waals surface area contributed by atoms with Crippen LogP contribution in [0.4, 0.5) is 4.79 Å². The first-order chi connectivity index (χ1) is 11.5. The van der Waals surface area contributed by atoms with Crippen molar-refractivity contribution in [2.45, 2.75) is 64.5 Å². The average Bonchev–Trinajstić information content (AvgIpc) is 2.72. The summed E-state index contributed by atoms with van der Waals surface area (Å²) in [5.74, 6) is 0.693. The summed E-state index contributed by atoms with van der Waals surface area (Å²) in [5.41, 5.74) is 1.16. The number of likely N-dealkylation sites (tertiary alicyclic amines) is 1. The third-order valence-corrected chi connectivity index (χ3v) is 5.02. The van der Waals surface area contributed by atoms with Crippen molar-refractivity contribution in [2.24, 2.45) is 5.92 Å². The molecular formula is C20H32N2O2. The molecule has 1 aliphatic rings. The number of hydrogen-bond donors (Lipinski definition) is 2. The Hall–Kier alpha value is -1.55. The van der Waals surface area contributed by atoms with Gasteiger partial charge in [-0.3, -0.25) is 0 Å². The van der Waals surface area contributed by atoms with E-state index in [1.54, 1.807) is 6.92 Å². The van der Waals surface area contributed by atoms with Gasteiger partial charge >= 0.3 is 6.03 Å². The molecule has 0 bridgehead atoms. The number of amides is 2. The lowest BCUT2D eigenvalue weighted by molar-refractivity contribution is 0.163. The molecule has 4 unspecified atom stereocenters. The predicted octanol–water partition coefficient (Wildman–Crippen LogP) is 3.76. The summed E-state index contributed by atoms with van der Waals surface area (Å²) in [5, 5.41) is 12.9. The summed E-state index contributed by atoms with van der Waals surface area (Å²) in [4.78, 5) is 14.7. The molecular weight excluding hydrogens is 300 g/mol. The van der Waals surface area contributed by atoms with Crippen LogP contribution in [-0.2, 0) is 0 Å². The minimum Gasteiger partial charge on any atom is -0.393 e.